The first-order valence-corrected chi connectivity index (χ1v) is 9.64. The van der Waals surface area contributed by atoms with Gasteiger partial charge in [0, 0.05) is 25.7 Å². The fourth-order valence-electron chi connectivity index (χ4n) is 2.90. The van der Waals surface area contributed by atoms with E-state index in [4.69, 9.17) is 18.9 Å². The molecule has 0 spiro atoms. The van der Waals surface area contributed by atoms with Crippen LogP contribution in [0.4, 0.5) is 0 Å². The molecule has 2 rings (SSSR count). The molecule has 4 nitrogen and oxygen atoms in total. The maximum Gasteiger partial charge on any atom is 0.127 e. The number of ether oxygens (including phenoxy) is 4. The molecule has 0 N–H and O–H groups in total. The summed E-state index contributed by atoms with van der Waals surface area (Å²) in [5.74, 6) is 0.922. The molecule has 0 aliphatic carbocycles. The Balaban J connectivity index is 1.88. The van der Waals surface area contributed by atoms with E-state index in [9.17, 15) is 0 Å². The molecule has 0 radical (unpaired) electrons. The molecule has 0 aliphatic heterocycles. The van der Waals surface area contributed by atoms with E-state index in [-0.39, 0.29) is 0 Å². The van der Waals surface area contributed by atoms with Crippen molar-refractivity contribution >= 4 is 10.8 Å². The lowest BCUT2D eigenvalue weighted by Crippen LogP contribution is -2.10. The van der Waals surface area contributed by atoms with Gasteiger partial charge in [0.05, 0.1) is 19.8 Å². The van der Waals surface area contributed by atoms with E-state index in [1.807, 2.05) is 0 Å². The average Bonchev–Trinajstić information content (AvgIpc) is 2.68. The van der Waals surface area contributed by atoms with Crippen molar-refractivity contribution < 1.29 is 18.9 Å². The minimum atomic E-state index is 0.543. The van der Waals surface area contributed by atoms with Gasteiger partial charge in [-0.15, -0.1) is 0 Å². The van der Waals surface area contributed by atoms with Gasteiger partial charge < -0.3 is 18.9 Å². The van der Waals surface area contributed by atoms with Gasteiger partial charge in [0.25, 0.3) is 0 Å². The first-order chi connectivity index (χ1) is 12.9. The summed E-state index contributed by atoms with van der Waals surface area (Å²) in [6, 6.07) is 12.7. The average molecular weight is 360 g/mol. The van der Waals surface area contributed by atoms with E-state index < -0.39 is 0 Å². The van der Waals surface area contributed by atoms with Crippen molar-refractivity contribution in [2.24, 2.45) is 0 Å². The van der Waals surface area contributed by atoms with Gasteiger partial charge >= 0.3 is 0 Å². The zero-order valence-electron chi connectivity index (χ0n) is 16.2. The number of rotatable bonds is 14. The summed E-state index contributed by atoms with van der Waals surface area (Å²) >= 11 is 0. The van der Waals surface area contributed by atoms with Crippen molar-refractivity contribution in [3.63, 3.8) is 0 Å². The minimum absolute atomic E-state index is 0.543. The third kappa shape index (κ3) is 6.94. The van der Waals surface area contributed by atoms with Gasteiger partial charge in [-0.1, -0.05) is 37.3 Å². The van der Waals surface area contributed by atoms with Crippen LogP contribution in [0, 0.1) is 0 Å². The van der Waals surface area contributed by atoms with E-state index >= 15 is 0 Å². The Morgan fingerprint density at radius 1 is 0.731 bits per heavy atom. The van der Waals surface area contributed by atoms with Crippen molar-refractivity contribution in [2.75, 3.05) is 46.8 Å². The molecule has 4 heteroatoms. The highest BCUT2D eigenvalue weighted by Crippen LogP contribution is 2.29. The second kappa shape index (κ2) is 12.7. The van der Waals surface area contributed by atoms with Crippen LogP contribution < -0.4 is 4.74 Å². The van der Waals surface area contributed by atoms with Crippen LogP contribution in [-0.2, 0) is 20.6 Å². The maximum atomic E-state index is 5.94. The summed E-state index contributed by atoms with van der Waals surface area (Å²) in [5, 5.41) is 2.45. The first-order valence-electron chi connectivity index (χ1n) is 9.64. The lowest BCUT2D eigenvalue weighted by atomic mass is 9.99. The van der Waals surface area contributed by atoms with Gasteiger partial charge in [-0.3, -0.25) is 0 Å². The highest BCUT2D eigenvalue weighted by molar-refractivity contribution is 5.91. The molecule has 0 amide bonds. The predicted octanol–water partition coefficient (Wildman–Crippen LogP) is 4.63. The number of hydrogen-bond acceptors (Lipinski definition) is 4. The standard InChI is InChI=1S/C22H32O4/c1-3-13-24-14-7-6-8-19-11-12-22(21-10-5-4-9-20(19)21)26-18-17-25-16-15-23-2/h4-5,9-12H,3,6-8,13-18H2,1-2H3. The van der Waals surface area contributed by atoms with E-state index in [1.165, 1.54) is 16.3 Å². The van der Waals surface area contributed by atoms with Gasteiger partial charge in [-0.05, 0) is 42.7 Å². The van der Waals surface area contributed by atoms with Crippen molar-refractivity contribution in [3.8, 4) is 5.75 Å². The quantitative estimate of drug-likeness (QED) is 0.460. The molecule has 0 unspecified atom stereocenters. The first kappa shape index (κ1) is 20.7. The lowest BCUT2D eigenvalue weighted by Gasteiger charge is -2.13. The molecular weight excluding hydrogens is 328 g/mol. The zero-order chi connectivity index (χ0) is 18.5. The normalized spacial score (nSPS) is 11.2. The molecule has 0 saturated heterocycles. The van der Waals surface area contributed by atoms with E-state index in [0.29, 0.717) is 26.4 Å². The second-order valence-electron chi connectivity index (χ2n) is 6.29. The Morgan fingerprint density at radius 2 is 1.50 bits per heavy atom. The number of benzene rings is 2. The summed E-state index contributed by atoms with van der Waals surface area (Å²) in [7, 11) is 1.67. The molecule has 2 aromatic carbocycles. The van der Waals surface area contributed by atoms with Crippen LogP contribution >= 0.6 is 0 Å². The summed E-state index contributed by atoms with van der Waals surface area (Å²) in [6.07, 6.45) is 4.40. The summed E-state index contributed by atoms with van der Waals surface area (Å²) < 4.78 is 21.9. The third-order valence-corrected chi connectivity index (χ3v) is 4.22. The molecule has 0 aliphatic rings. The smallest absolute Gasteiger partial charge is 0.127 e. The van der Waals surface area contributed by atoms with Crippen LogP contribution in [0.15, 0.2) is 36.4 Å². The fraction of sp³-hybridized carbons (Fsp3) is 0.545. The van der Waals surface area contributed by atoms with Crippen LogP contribution in [0.2, 0.25) is 0 Å². The Bertz CT molecular complexity index is 572. The van der Waals surface area contributed by atoms with Crippen molar-refractivity contribution in [1.82, 2.24) is 0 Å². The predicted molar refractivity (Wildman–Crippen MR) is 106 cm³/mol. The van der Waals surface area contributed by atoms with Crippen molar-refractivity contribution in [1.29, 1.82) is 0 Å². The number of hydrogen-bond donors (Lipinski definition) is 0. The second-order valence-corrected chi connectivity index (χ2v) is 6.29. The Labute approximate surface area is 157 Å². The van der Waals surface area contributed by atoms with E-state index in [2.05, 4.69) is 43.3 Å². The molecule has 0 aromatic heterocycles. The topological polar surface area (TPSA) is 36.9 Å². The fourth-order valence-corrected chi connectivity index (χ4v) is 2.90. The van der Waals surface area contributed by atoms with Crippen molar-refractivity contribution in [3.05, 3.63) is 42.0 Å². The number of aryl methyl sites for hydroxylation is 1. The number of methoxy groups -OCH3 is 1. The SMILES string of the molecule is CCCOCCCCc1ccc(OCCOCCOC)c2ccccc12. The summed E-state index contributed by atoms with van der Waals surface area (Å²) in [5.41, 5.74) is 1.37. The van der Waals surface area contributed by atoms with E-state index in [0.717, 1.165) is 44.6 Å². The molecule has 2 aromatic rings. The molecule has 0 heterocycles. The van der Waals surface area contributed by atoms with Gasteiger partial charge in [0.15, 0.2) is 0 Å². The van der Waals surface area contributed by atoms with Gasteiger partial charge in [0.1, 0.15) is 12.4 Å². The van der Waals surface area contributed by atoms with Gasteiger partial charge in [0.2, 0.25) is 0 Å². The molecule has 26 heavy (non-hydrogen) atoms. The van der Waals surface area contributed by atoms with Crippen LogP contribution in [0.25, 0.3) is 10.8 Å². The van der Waals surface area contributed by atoms with E-state index in [1.54, 1.807) is 7.11 Å². The van der Waals surface area contributed by atoms with Gasteiger partial charge in [-0.2, -0.15) is 0 Å². The largest absolute Gasteiger partial charge is 0.491 e. The molecule has 144 valence electrons. The molecule has 0 saturated carbocycles. The number of fused-ring (bicyclic) bond motifs is 1. The van der Waals surface area contributed by atoms with Crippen LogP contribution in [0.5, 0.6) is 5.75 Å². The monoisotopic (exact) mass is 360 g/mol. The van der Waals surface area contributed by atoms with Gasteiger partial charge in [-0.25, -0.2) is 0 Å². The van der Waals surface area contributed by atoms with Crippen LogP contribution in [0.3, 0.4) is 0 Å². The number of unbranched alkanes of at least 4 members (excludes halogenated alkanes) is 1. The Kier molecular flexibility index (Phi) is 10.1. The molecule has 0 bridgehead atoms. The van der Waals surface area contributed by atoms with Crippen LogP contribution in [0.1, 0.15) is 31.7 Å². The highest BCUT2D eigenvalue weighted by atomic mass is 16.5. The van der Waals surface area contributed by atoms with Crippen LogP contribution in [-0.4, -0.2) is 46.8 Å². The Hall–Kier alpha value is -1.62. The molecule has 0 fully saturated rings. The minimum Gasteiger partial charge on any atom is -0.491 e. The van der Waals surface area contributed by atoms with Crippen molar-refractivity contribution in [2.45, 2.75) is 32.6 Å². The lowest BCUT2D eigenvalue weighted by molar-refractivity contribution is 0.0547. The summed E-state index contributed by atoms with van der Waals surface area (Å²) in [4.78, 5) is 0. The Morgan fingerprint density at radius 3 is 2.31 bits per heavy atom. The molecular formula is C22H32O4. The third-order valence-electron chi connectivity index (χ3n) is 4.22. The zero-order valence-corrected chi connectivity index (χ0v) is 16.2. The molecule has 0 atom stereocenters. The highest BCUT2D eigenvalue weighted by Gasteiger charge is 2.07. The maximum absolute atomic E-state index is 5.94. The summed E-state index contributed by atoms with van der Waals surface area (Å²) in [6.45, 7) is 6.18.